The molecule has 3 rings (SSSR count). The first-order valence-corrected chi connectivity index (χ1v) is 11.4. The lowest BCUT2D eigenvalue weighted by molar-refractivity contribution is -0.114. The standard InChI is InChI=1S/C21H18BrFN2O4S/c1-30(27,28)25(14-21(26)24-20-12-7-15(22)13-19(20)23)16-8-10-18(11-9-16)29-17-5-3-2-4-6-17/h2-13H,14H2,1H3,(H,24,26). The third-order valence-corrected chi connectivity index (χ3v) is 5.63. The van der Waals surface area contributed by atoms with Gasteiger partial charge in [-0.2, -0.15) is 0 Å². The van der Waals surface area contributed by atoms with E-state index in [-0.39, 0.29) is 11.4 Å². The number of benzene rings is 3. The first kappa shape index (κ1) is 21.8. The Bertz CT molecular complexity index is 1140. The van der Waals surface area contributed by atoms with E-state index in [0.29, 0.717) is 16.0 Å². The molecule has 0 aliphatic heterocycles. The minimum Gasteiger partial charge on any atom is -0.457 e. The third kappa shape index (κ3) is 5.80. The first-order valence-electron chi connectivity index (χ1n) is 8.78. The number of anilines is 2. The summed E-state index contributed by atoms with van der Waals surface area (Å²) in [5.74, 6) is -0.154. The fourth-order valence-corrected chi connectivity index (χ4v) is 3.81. The molecule has 0 aromatic heterocycles. The minimum absolute atomic E-state index is 0.0386. The number of nitrogens with zero attached hydrogens (tertiary/aromatic N) is 1. The normalized spacial score (nSPS) is 11.0. The molecule has 1 N–H and O–H groups in total. The Hall–Kier alpha value is -2.91. The lowest BCUT2D eigenvalue weighted by Gasteiger charge is -2.22. The van der Waals surface area contributed by atoms with Gasteiger partial charge in [0.25, 0.3) is 0 Å². The molecule has 0 spiro atoms. The van der Waals surface area contributed by atoms with E-state index in [1.54, 1.807) is 30.3 Å². The van der Waals surface area contributed by atoms with E-state index in [1.165, 1.54) is 24.3 Å². The largest absolute Gasteiger partial charge is 0.457 e. The Morgan fingerprint density at radius 1 is 1.03 bits per heavy atom. The Morgan fingerprint density at radius 3 is 2.27 bits per heavy atom. The number of amides is 1. The lowest BCUT2D eigenvalue weighted by Crippen LogP contribution is -2.37. The van der Waals surface area contributed by atoms with Crippen LogP contribution in [0, 0.1) is 5.82 Å². The average Bonchev–Trinajstić information content (AvgIpc) is 2.69. The van der Waals surface area contributed by atoms with Crippen LogP contribution in [0.4, 0.5) is 15.8 Å². The molecule has 0 radical (unpaired) electrons. The third-order valence-electron chi connectivity index (χ3n) is 4.00. The van der Waals surface area contributed by atoms with Crippen LogP contribution in [0.2, 0.25) is 0 Å². The summed E-state index contributed by atoms with van der Waals surface area (Å²) in [5.41, 5.74) is 0.243. The number of ether oxygens (including phenoxy) is 1. The summed E-state index contributed by atoms with van der Waals surface area (Å²) in [6.45, 7) is -0.507. The summed E-state index contributed by atoms with van der Waals surface area (Å²) in [6, 6.07) is 19.6. The monoisotopic (exact) mass is 492 g/mol. The van der Waals surface area contributed by atoms with Gasteiger partial charge in [0.15, 0.2) is 0 Å². The molecule has 0 heterocycles. The second-order valence-electron chi connectivity index (χ2n) is 6.35. The Morgan fingerprint density at radius 2 is 1.67 bits per heavy atom. The van der Waals surface area contributed by atoms with Gasteiger partial charge in [-0.3, -0.25) is 9.10 Å². The van der Waals surface area contributed by atoms with Crippen molar-refractivity contribution >= 4 is 43.2 Å². The summed E-state index contributed by atoms with van der Waals surface area (Å²) >= 11 is 3.14. The summed E-state index contributed by atoms with van der Waals surface area (Å²) in [6.07, 6.45) is 0.995. The second-order valence-corrected chi connectivity index (χ2v) is 9.17. The van der Waals surface area contributed by atoms with E-state index in [1.807, 2.05) is 18.2 Å². The van der Waals surface area contributed by atoms with Crippen molar-refractivity contribution in [2.24, 2.45) is 0 Å². The highest BCUT2D eigenvalue weighted by atomic mass is 79.9. The van der Waals surface area contributed by atoms with Crippen molar-refractivity contribution in [2.45, 2.75) is 0 Å². The number of carbonyl (C=O) groups is 1. The smallest absolute Gasteiger partial charge is 0.245 e. The Kier molecular flexibility index (Phi) is 6.73. The van der Waals surface area contributed by atoms with Crippen molar-refractivity contribution < 1.29 is 22.3 Å². The van der Waals surface area contributed by atoms with Crippen molar-refractivity contribution in [2.75, 3.05) is 22.4 Å². The van der Waals surface area contributed by atoms with E-state index in [2.05, 4.69) is 21.2 Å². The molecule has 0 fully saturated rings. The number of nitrogens with one attached hydrogen (secondary N) is 1. The number of hydrogen-bond acceptors (Lipinski definition) is 4. The number of halogens is 2. The number of hydrogen-bond donors (Lipinski definition) is 1. The molecule has 0 aliphatic rings. The molecule has 1 amide bonds. The first-order chi connectivity index (χ1) is 14.2. The van der Waals surface area contributed by atoms with Gasteiger partial charge in [-0.25, -0.2) is 12.8 Å². The van der Waals surface area contributed by atoms with Gasteiger partial charge in [0.2, 0.25) is 15.9 Å². The molecule has 0 saturated heterocycles. The van der Waals surface area contributed by atoms with Crippen molar-refractivity contribution in [3.8, 4) is 11.5 Å². The number of rotatable bonds is 7. The fourth-order valence-electron chi connectivity index (χ4n) is 2.62. The van der Waals surface area contributed by atoms with E-state index in [9.17, 15) is 17.6 Å². The predicted octanol–water partition coefficient (Wildman–Crippen LogP) is 4.79. The molecule has 6 nitrogen and oxygen atoms in total. The molecule has 9 heteroatoms. The van der Waals surface area contributed by atoms with Gasteiger partial charge in [0.1, 0.15) is 23.9 Å². The zero-order valence-electron chi connectivity index (χ0n) is 15.9. The fraction of sp³-hybridized carbons (Fsp3) is 0.0952. The van der Waals surface area contributed by atoms with Crippen LogP contribution in [0.1, 0.15) is 0 Å². The van der Waals surface area contributed by atoms with Gasteiger partial charge in [0.05, 0.1) is 17.6 Å². The summed E-state index contributed by atoms with van der Waals surface area (Å²) in [5, 5.41) is 2.39. The summed E-state index contributed by atoms with van der Waals surface area (Å²) < 4.78 is 45.6. The summed E-state index contributed by atoms with van der Waals surface area (Å²) in [7, 11) is -3.76. The van der Waals surface area contributed by atoms with Gasteiger partial charge in [-0.05, 0) is 54.6 Å². The number of para-hydroxylation sites is 1. The predicted molar refractivity (Wildman–Crippen MR) is 118 cm³/mol. The highest BCUT2D eigenvalue weighted by molar-refractivity contribution is 9.10. The van der Waals surface area contributed by atoms with Gasteiger partial charge in [-0.15, -0.1) is 0 Å². The Labute approximate surface area is 182 Å². The van der Waals surface area contributed by atoms with Crippen LogP contribution in [-0.2, 0) is 14.8 Å². The van der Waals surface area contributed by atoms with Crippen LogP contribution in [-0.4, -0.2) is 27.1 Å². The molecular weight excluding hydrogens is 475 g/mol. The van der Waals surface area contributed by atoms with Crippen molar-refractivity contribution in [1.82, 2.24) is 0 Å². The summed E-state index contributed by atoms with van der Waals surface area (Å²) in [4.78, 5) is 12.4. The lowest BCUT2D eigenvalue weighted by atomic mass is 10.3. The topological polar surface area (TPSA) is 75.7 Å². The molecule has 0 atom stereocenters. The van der Waals surface area contributed by atoms with E-state index in [4.69, 9.17) is 4.74 Å². The quantitative estimate of drug-likeness (QED) is 0.514. The number of carbonyl (C=O) groups excluding carboxylic acids is 1. The maximum Gasteiger partial charge on any atom is 0.245 e. The molecule has 3 aromatic rings. The average molecular weight is 493 g/mol. The van der Waals surface area contributed by atoms with E-state index >= 15 is 0 Å². The van der Waals surface area contributed by atoms with Crippen molar-refractivity contribution in [3.05, 3.63) is 83.1 Å². The number of sulfonamides is 1. The highest BCUT2D eigenvalue weighted by Gasteiger charge is 2.21. The molecule has 156 valence electrons. The van der Waals surface area contributed by atoms with Crippen LogP contribution < -0.4 is 14.4 Å². The van der Waals surface area contributed by atoms with Crippen LogP contribution in [0.5, 0.6) is 11.5 Å². The van der Waals surface area contributed by atoms with Gasteiger partial charge in [0, 0.05) is 4.47 Å². The van der Waals surface area contributed by atoms with Crippen molar-refractivity contribution in [3.63, 3.8) is 0 Å². The van der Waals surface area contributed by atoms with Crippen LogP contribution in [0.15, 0.2) is 77.3 Å². The zero-order chi connectivity index (χ0) is 21.7. The molecule has 30 heavy (non-hydrogen) atoms. The SMILES string of the molecule is CS(=O)(=O)N(CC(=O)Nc1ccc(Br)cc1F)c1ccc(Oc2ccccc2)cc1. The molecular formula is C21H18BrFN2O4S. The van der Waals surface area contributed by atoms with E-state index < -0.39 is 28.3 Å². The van der Waals surface area contributed by atoms with Crippen LogP contribution in [0.3, 0.4) is 0 Å². The maximum absolute atomic E-state index is 13.9. The van der Waals surface area contributed by atoms with Gasteiger partial charge >= 0.3 is 0 Å². The Balaban J connectivity index is 1.75. The molecule has 0 saturated carbocycles. The van der Waals surface area contributed by atoms with Crippen molar-refractivity contribution in [1.29, 1.82) is 0 Å². The molecule has 0 bridgehead atoms. The molecule has 0 unspecified atom stereocenters. The molecule has 0 aliphatic carbocycles. The van der Waals surface area contributed by atoms with E-state index in [0.717, 1.165) is 10.6 Å². The zero-order valence-corrected chi connectivity index (χ0v) is 18.3. The van der Waals surface area contributed by atoms with Crippen LogP contribution >= 0.6 is 15.9 Å². The minimum atomic E-state index is -3.76. The van der Waals surface area contributed by atoms with Gasteiger partial charge < -0.3 is 10.1 Å². The maximum atomic E-state index is 13.9. The highest BCUT2D eigenvalue weighted by Crippen LogP contribution is 2.26. The molecule has 3 aromatic carbocycles. The van der Waals surface area contributed by atoms with Crippen LogP contribution in [0.25, 0.3) is 0 Å². The second kappa shape index (κ2) is 9.27. The van der Waals surface area contributed by atoms with Gasteiger partial charge in [-0.1, -0.05) is 34.1 Å².